The molecule has 12 heteroatoms. The van der Waals surface area contributed by atoms with E-state index in [-0.39, 0.29) is 17.7 Å². The van der Waals surface area contributed by atoms with Crippen molar-refractivity contribution in [3.63, 3.8) is 0 Å². The number of aromatic amines is 1. The number of H-pyrrole nitrogens is 1. The van der Waals surface area contributed by atoms with Crippen molar-refractivity contribution >= 4 is 61.8 Å². The zero-order valence-corrected chi connectivity index (χ0v) is 46.1. The van der Waals surface area contributed by atoms with Gasteiger partial charge in [0.15, 0.2) is 0 Å². The Labute approximate surface area is 459 Å². The first-order valence-corrected chi connectivity index (χ1v) is 27.7. The zero-order valence-electron chi connectivity index (χ0n) is 46.1. The van der Waals surface area contributed by atoms with E-state index >= 15 is 0 Å². The maximum atomic E-state index is 13.2. The zero-order chi connectivity index (χ0) is 54.3. The largest absolute Gasteiger partial charge is 0.497 e. The Bertz CT molecular complexity index is 3550. The SMILES string of the molecule is CNc1cccc(C2CCN(C(=O)c3cn(C)c4ccc(OC)cc34)CC2)c1.CNc1cccc(C2CCN(C(=O)c3cn(C)c4ccccc34)CC2)c1.Cc1cccc(C2CCN(C(=O)c3ccc4cc[nH]c4c3)CC2)c1. The van der Waals surface area contributed by atoms with Gasteiger partial charge in [-0.1, -0.05) is 78.4 Å². The van der Waals surface area contributed by atoms with E-state index in [1.165, 1.54) is 22.3 Å². The first-order valence-electron chi connectivity index (χ1n) is 27.7. The van der Waals surface area contributed by atoms with Crippen molar-refractivity contribution in [2.75, 3.05) is 71.1 Å². The molecule has 3 saturated heterocycles. The number of hydrogen-bond acceptors (Lipinski definition) is 6. The van der Waals surface area contributed by atoms with Gasteiger partial charge in [-0.05, 0) is 152 Å². The van der Waals surface area contributed by atoms with Gasteiger partial charge in [-0.2, -0.15) is 0 Å². The van der Waals surface area contributed by atoms with Crippen LogP contribution in [-0.2, 0) is 14.1 Å². The Kier molecular flexibility index (Phi) is 16.3. The van der Waals surface area contributed by atoms with Crippen LogP contribution in [0.15, 0.2) is 158 Å². The fraction of sp³-hybridized carbons (Fsp3) is 0.318. The van der Waals surface area contributed by atoms with Crippen molar-refractivity contribution in [1.82, 2.24) is 28.8 Å². The quantitative estimate of drug-likeness (QED) is 0.132. The highest BCUT2D eigenvalue weighted by Gasteiger charge is 2.29. The molecule has 6 aromatic carbocycles. The van der Waals surface area contributed by atoms with Crippen LogP contribution in [0.5, 0.6) is 5.75 Å². The fourth-order valence-corrected chi connectivity index (χ4v) is 12.0. The highest BCUT2D eigenvalue weighted by molar-refractivity contribution is 6.08. The molecule has 402 valence electrons. The number of hydrogen-bond donors (Lipinski definition) is 3. The first kappa shape index (κ1) is 53.2. The van der Waals surface area contributed by atoms with Crippen LogP contribution in [0.4, 0.5) is 11.4 Å². The molecule has 0 saturated carbocycles. The van der Waals surface area contributed by atoms with Gasteiger partial charge in [0.05, 0.1) is 18.2 Å². The third-order valence-electron chi connectivity index (χ3n) is 16.5. The molecule has 3 aliphatic heterocycles. The number of aryl methyl sites for hydroxylation is 3. The van der Waals surface area contributed by atoms with Crippen molar-refractivity contribution in [2.24, 2.45) is 14.1 Å². The number of para-hydroxylation sites is 1. The molecule has 6 heterocycles. The highest BCUT2D eigenvalue weighted by atomic mass is 16.5. The molecular formula is C66H74N8O4. The number of aromatic nitrogens is 3. The minimum Gasteiger partial charge on any atom is -0.497 e. The van der Waals surface area contributed by atoms with Crippen LogP contribution >= 0.6 is 0 Å². The summed E-state index contributed by atoms with van der Waals surface area (Å²) in [7, 11) is 9.52. The van der Waals surface area contributed by atoms with E-state index in [0.717, 1.165) is 144 Å². The lowest BCUT2D eigenvalue weighted by Crippen LogP contribution is -2.37. The van der Waals surface area contributed by atoms with Gasteiger partial charge < -0.3 is 44.2 Å². The summed E-state index contributed by atoms with van der Waals surface area (Å²) < 4.78 is 9.41. The summed E-state index contributed by atoms with van der Waals surface area (Å²) in [4.78, 5) is 48.3. The Hall–Kier alpha value is -8.25. The number of ether oxygens (including phenoxy) is 1. The monoisotopic (exact) mass is 1040 g/mol. The molecule has 0 spiro atoms. The Morgan fingerprint density at radius 2 is 1.01 bits per heavy atom. The second-order valence-corrected chi connectivity index (χ2v) is 21.4. The predicted octanol–water partition coefficient (Wildman–Crippen LogP) is 13.0. The number of methoxy groups -OCH3 is 1. The van der Waals surface area contributed by atoms with Gasteiger partial charge in [-0.15, -0.1) is 0 Å². The molecule has 3 aliphatic rings. The van der Waals surface area contributed by atoms with Crippen molar-refractivity contribution in [2.45, 2.75) is 63.2 Å². The van der Waals surface area contributed by atoms with Crippen LogP contribution in [-0.4, -0.2) is 107 Å². The smallest absolute Gasteiger partial charge is 0.256 e. The van der Waals surface area contributed by atoms with Gasteiger partial charge in [0, 0.05) is 130 Å². The third kappa shape index (κ3) is 11.7. The lowest BCUT2D eigenvalue weighted by Gasteiger charge is -2.32. The van der Waals surface area contributed by atoms with Gasteiger partial charge in [-0.3, -0.25) is 14.4 Å². The van der Waals surface area contributed by atoms with Gasteiger partial charge >= 0.3 is 0 Å². The van der Waals surface area contributed by atoms with Crippen molar-refractivity contribution < 1.29 is 19.1 Å². The van der Waals surface area contributed by atoms with E-state index < -0.39 is 0 Å². The third-order valence-corrected chi connectivity index (χ3v) is 16.5. The summed E-state index contributed by atoms with van der Waals surface area (Å²) in [5, 5.41) is 9.56. The topological polar surface area (TPSA) is 120 Å². The maximum absolute atomic E-state index is 13.2. The average Bonchev–Trinajstić information content (AvgIpc) is 4.29. The number of anilines is 2. The lowest BCUT2D eigenvalue weighted by atomic mass is 9.88. The van der Waals surface area contributed by atoms with Crippen molar-refractivity contribution in [3.05, 3.63) is 197 Å². The van der Waals surface area contributed by atoms with Gasteiger partial charge in [0.1, 0.15) is 5.75 Å². The normalized spacial score (nSPS) is 15.4. The standard InChI is InChI=1S/C23H27N3O2.C22H25N3O.C21H22N2O/c1-24-18-6-4-5-17(13-18)16-9-11-26(12-10-16)23(27)21-15-25(2)22-8-7-19(28-3)14-20(21)22;1-23-18-7-5-6-17(14-18)16-10-12-25(13-11-16)22(26)20-15-24(2)21-9-4-3-8-19(20)21;1-15-3-2-4-18(13-15)16-8-11-23(12-9-16)21(24)19-6-5-17-7-10-22-20(17)14-19/h4-8,13-16,24H,9-12H2,1-3H3;3-9,14-16,23H,10-13H2,1-2H3;2-7,10,13-14,16,22H,8-9,11-12H2,1H3. The fourth-order valence-electron chi connectivity index (χ4n) is 12.0. The number of nitrogens with zero attached hydrogens (tertiary/aromatic N) is 5. The van der Waals surface area contributed by atoms with Crippen LogP contribution in [0, 0.1) is 6.92 Å². The summed E-state index contributed by atoms with van der Waals surface area (Å²) in [5.74, 6) is 2.79. The minimum atomic E-state index is 0.112. The number of carbonyl (C=O) groups excluding carboxylic acids is 3. The molecule has 78 heavy (non-hydrogen) atoms. The molecule has 0 atom stereocenters. The number of amides is 3. The van der Waals surface area contributed by atoms with Crippen molar-refractivity contribution in [3.8, 4) is 5.75 Å². The van der Waals surface area contributed by atoms with E-state index in [0.29, 0.717) is 17.8 Å². The summed E-state index contributed by atoms with van der Waals surface area (Å²) in [5.41, 5.74) is 13.3. The highest BCUT2D eigenvalue weighted by Crippen LogP contribution is 2.35. The van der Waals surface area contributed by atoms with Gasteiger partial charge in [0.2, 0.25) is 0 Å². The van der Waals surface area contributed by atoms with Crippen LogP contribution < -0.4 is 15.4 Å². The van der Waals surface area contributed by atoms with Crippen LogP contribution in [0.1, 0.15) is 110 Å². The molecule has 3 N–H and O–H groups in total. The summed E-state index contributed by atoms with van der Waals surface area (Å²) in [6.07, 6.45) is 11.9. The van der Waals surface area contributed by atoms with Crippen LogP contribution in [0.3, 0.4) is 0 Å². The van der Waals surface area contributed by atoms with E-state index in [1.54, 1.807) is 7.11 Å². The first-order chi connectivity index (χ1) is 38.0. The second kappa shape index (κ2) is 24.0. The van der Waals surface area contributed by atoms with E-state index in [2.05, 4.69) is 101 Å². The van der Waals surface area contributed by atoms with E-state index in [9.17, 15) is 14.4 Å². The molecule has 12 nitrogen and oxygen atoms in total. The number of fused-ring (bicyclic) bond motifs is 3. The Morgan fingerprint density at radius 3 is 1.55 bits per heavy atom. The molecule has 0 radical (unpaired) electrons. The Balaban J connectivity index is 0.000000133. The second-order valence-electron chi connectivity index (χ2n) is 21.4. The van der Waals surface area contributed by atoms with Gasteiger partial charge in [0.25, 0.3) is 17.7 Å². The van der Waals surface area contributed by atoms with Crippen LogP contribution in [0.25, 0.3) is 32.7 Å². The summed E-state index contributed by atoms with van der Waals surface area (Å²) >= 11 is 0. The molecule has 3 fully saturated rings. The average molecular weight is 1040 g/mol. The number of benzene rings is 6. The minimum absolute atomic E-state index is 0.112. The van der Waals surface area contributed by atoms with Crippen molar-refractivity contribution in [1.29, 1.82) is 0 Å². The molecule has 0 aliphatic carbocycles. The van der Waals surface area contributed by atoms with E-state index in [1.807, 2.05) is 131 Å². The van der Waals surface area contributed by atoms with Crippen LogP contribution in [0.2, 0.25) is 0 Å². The van der Waals surface area contributed by atoms with E-state index in [4.69, 9.17) is 4.74 Å². The molecule has 3 amide bonds. The molecule has 0 unspecified atom stereocenters. The number of nitrogens with one attached hydrogen (secondary N) is 3. The molecule has 12 rings (SSSR count). The maximum Gasteiger partial charge on any atom is 0.256 e. The summed E-state index contributed by atoms with van der Waals surface area (Å²) in [6.45, 7) is 7.01. The number of carbonyl (C=O) groups is 3. The molecular weight excluding hydrogens is 969 g/mol. The predicted molar refractivity (Wildman–Crippen MR) is 317 cm³/mol. The van der Waals surface area contributed by atoms with Gasteiger partial charge in [-0.25, -0.2) is 0 Å². The lowest BCUT2D eigenvalue weighted by molar-refractivity contribution is 0.0706. The number of piperidine rings is 3. The Morgan fingerprint density at radius 1 is 0.513 bits per heavy atom. The number of rotatable bonds is 9. The number of likely N-dealkylation sites (tertiary alicyclic amines) is 3. The molecule has 3 aromatic heterocycles. The molecule has 0 bridgehead atoms. The summed E-state index contributed by atoms with van der Waals surface area (Å²) in [6, 6.07) is 47.9. The molecule has 9 aromatic rings.